The Morgan fingerprint density at radius 1 is 1.40 bits per heavy atom. The Balaban J connectivity index is 2.14. The fraction of sp³-hybridized carbons (Fsp3) is 0.214. The van der Waals surface area contributed by atoms with Crippen molar-refractivity contribution in [2.45, 2.75) is 13.5 Å². The summed E-state index contributed by atoms with van der Waals surface area (Å²) in [6.07, 6.45) is 4.73. The molecular formula is C14H15N3O3. The summed E-state index contributed by atoms with van der Waals surface area (Å²) < 4.78 is 6.63. The molecule has 2 aromatic rings. The highest BCUT2D eigenvalue weighted by Crippen LogP contribution is 2.07. The highest BCUT2D eigenvalue weighted by molar-refractivity contribution is 5.90. The van der Waals surface area contributed by atoms with Crippen LogP contribution in [0.4, 0.5) is 5.69 Å². The number of amides is 1. The lowest BCUT2D eigenvalue weighted by Crippen LogP contribution is -2.21. The maximum Gasteiger partial charge on any atom is 0.244 e. The van der Waals surface area contributed by atoms with Crippen LogP contribution in [0.3, 0.4) is 0 Å². The molecule has 6 nitrogen and oxygen atoms in total. The first-order valence-electron chi connectivity index (χ1n) is 6.05. The van der Waals surface area contributed by atoms with E-state index in [-0.39, 0.29) is 23.6 Å². The number of aromatic nitrogens is 2. The van der Waals surface area contributed by atoms with E-state index in [0.717, 1.165) is 0 Å². The molecule has 0 aliphatic heterocycles. The van der Waals surface area contributed by atoms with Crippen LogP contribution in [-0.2, 0) is 11.3 Å². The maximum atomic E-state index is 11.9. The maximum absolute atomic E-state index is 11.9. The number of rotatable bonds is 4. The Kier molecular flexibility index (Phi) is 4.14. The predicted octanol–water partition coefficient (Wildman–Crippen LogP) is 1.20. The molecule has 0 radical (unpaired) electrons. The van der Waals surface area contributed by atoms with Gasteiger partial charge in [0.2, 0.25) is 11.3 Å². The Labute approximate surface area is 116 Å². The molecule has 0 unspecified atom stereocenters. The Morgan fingerprint density at radius 2 is 2.10 bits per heavy atom. The molecule has 2 aromatic heterocycles. The Bertz CT molecular complexity index is 665. The minimum Gasteiger partial charge on any atom is -0.491 e. The number of anilines is 1. The number of nitrogens with zero attached hydrogens (tertiary/aromatic N) is 2. The highest BCUT2D eigenvalue weighted by Gasteiger charge is 2.08. The summed E-state index contributed by atoms with van der Waals surface area (Å²) in [6.45, 7) is 1.87. The molecule has 2 heterocycles. The molecule has 0 spiro atoms. The number of hydrogen-bond acceptors (Lipinski definition) is 4. The van der Waals surface area contributed by atoms with Crippen LogP contribution in [0.5, 0.6) is 5.75 Å². The SMILES string of the molecule is COc1cn(CC(=O)Nc2ccncc2)c(C)cc1=O. The van der Waals surface area contributed by atoms with E-state index >= 15 is 0 Å². The van der Waals surface area contributed by atoms with Gasteiger partial charge < -0.3 is 14.6 Å². The van der Waals surface area contributed by atoms with Crippen molar-refractivity contribution < 1.29 is 9.53 Å². The van der Waals surface area contributed by atoms with E-state index in [1.54, 1.807) is 36.0 Å². The molecule has 0 fully saturated rings. The van der Waals surface area contributed by atoms with Gasteiger partial charge in [0, 0.05) is 29.8 Å². The van der Waals surface area contributed by atoms with Crippen molar-refractivity contribution in [3.63, 3.8) is 0 Å². The van der Waals surface area contributed by atoms with Gasteiger partial charge in [0.15, 0.2) is 5.75 Å². The summed E-state index contributed by atoms with van der Waals surface area (Å²) in [5.41, 5.74) is 1.17. The van der Waals surface area contributed by atoms with Gasteiger partial charge in [-0.05, 0) is 19.1 Å². The van der Waals surface area contributed by atoms with Gasteiger partial charge in [-0.2, -0.15) is 0 Å². The van der Waals surface area contributed by atoms with Gasteiger partial charge in [-0.25, -0.2) is 0 Å². The largest absolute Gasteiger partial charge is 0.491 e. The number of carbonyl (C=O) groups is 1. The van der Waals surface area contributed by atoms with Crippen LogP contribution in [-0.4, -0.2) is 22.6 Å². The van der Waals surface area contributed by atoms with Crippen LogP contribution in [0.2, 0.25) is 0 Å². The van der Waals surface area contributed by atoms with Crippen LogP contribution in [0.1, 0.15) is 5.69 Å². The zero-order chi connectivity index (χ0) is 14.5. The number of methoxy groups -OCH3 is 1. The van der Waals surface area contributed by atoms with E-state index < -0.39 is 0 Å². The molecule has 1 N–H and O–H groups in total. The second-order valence-corrected chi connectivity index (χ2v) is 4.26. The molecule has 0 saturated heterocycles. The number of ether oxygens (including phenoxy) is 1. The Morgan fingerprint density at radius 3 is 2.75 bits per heavy atom. The minimum atomic E-state index is -0.198. The predicted molar refractivity (Wildman–Crippen MR) is 74.9 cm³/mol. The third-order valence-corrected chi connectivity index (χ3v) is 2.81. The zero-order valence-corrected chi connectivity index (χ0v) is 11.3. The van der Waals surface area contributed by atoms with Crippen molar-refractivity contribution in [1.82, 2.24) is 9.55 Å². The van der Waals surface area contributed by atoms with Crippen LogP contribution < -0.4 is 15.5 Å². The van der Waals surface area contributed by atoms with Gasteiger partial charge in [0.05, 0.1) is 13.3 Å². The lowest BCUT2D eigenvalue weighted by Gasteiger charge is -2.12. The average molecular weight is 273 g/mol. The lowest BCUT2D eigenvalue weighted by molar-refractivity contribution is -0.116. The van der Waals surface area contributed by atoms with Gasteiger partial charge in [-0.1, -0.05) is 0 Å². The van der Waals surface area contributed by atoms with Crippen molar-refractivity contribution in [1.29, 1.82) is 0 Å². The number of pyridine rings is 2. The highest BCUT2D eigenvalue weighted by atomic mass is 16.5. The van der Waals surface area contributed by atoms with E-state index in [2.05, 4.69) is 10.3 Å². The molecule has 1 amide bonds. The van der Waals surface area contributed by atoms with E-state index in [0.29, 0.717) is 11.4 Å². The minimum absolute atomic E-state index is 0.102. The summed E-state index contributed by atoms with van der Waals surface area (Å²) in [5, 5.41) is 2.75. The summed E-state index contributed by atoms with van der Waals surface area (Å²) in [6, 6.07) is 4.85. The van der Waals surface area contributed by atoms with Gasteiger partial charge in [-0.15, -0.1) is 0 Å². The van der Waals surface area contributed by atoms with Crippen molar-refractivity contribution in [3.8, 4) is 5.75 Å². The molecule has 2 rings (SSSR count). The van der Waals surface area contributed by atoms with Crippen LogP contribution in [0.15, 0.2) is 41.6 Å². The molecule has 0 aliphatic carbocycles. The van der Waals surface area contributed by atoms with Crippen molar-refractivity contribution in [2.24, 2.45) is 0 Å². The zero-order valence-electron chi connectivity index (χ0n) is 11.3. The van der Waals surface area contributed by atoms with E-state index in [4.69, 9.17) is 4.74 Å². The van der Waals surface area contributed by atoms with E-state index in [9.17, 15) is 9.59 Å². The molecule has 0 saturated carbocycles. The standard InChI is InChI=1S/C14H15N3O3/c1-10-7-12(18)13(20-2)8-17(10)9-14(19)16-11-3-5-15-6-4-11/h3-8H,9H2,1-2H3,(H,15,16,19). The molecule has 0 aliphatic rings. The fourth-order valence-electron chi connectivity index (χ4n) is 1.76. The van der Waals surface area contributed by atoms with Gasteiger partial charge in [-0.3, -0.25) is 14.6 Å². The van der Waals surface area contributed by atoms with E-state index in [1.807, 2.05) is 0 Å². The first-order valence-corrected chi connectivity index (χ1v) is 6.05. The van der Waals surface area contributed by atoms with Crippen LogP contribution >= 0.6 is 0 Å². The fourth-order valence-corrected chi connectivity index (χ4v) is 1.76. The topological polar surface area (TPSA) is 73.2 Å². The van der Waals surface area contributed by atoms with Crippen molar-refractivity contribution >= 4 is 11.6 Å². The summed E-state index contributed by atoms with van der Waals surface area (Å²) in [4.78, 5) is 27.4. The molecule has 20 heavy (non-hydrogen) atoms. The van der Waals surface area contributed by atoms with Crippen molar-refractivity contribution in [3.05, 3.63) is 52.7 Å². The quantitative estimate of drug-likeness (QED) is 0.908. The normalized spacial score (nSPS) is 10.1. The molecule has 0 atom stereocenters. The monoisotopic (exact) mass is 273 g/mol. The van der Waals surface area contributed by atoms with Gasteiger partial charge >= 0.3 is 0 Å². The Hall–Kier alpha value is -2.63. The molecule has 0 bridgehead atoms. The molecular weight excluding hydrogens is 258 g/mol. The molecule has 0 aromatic carbocycles. The molecule has 6 heteroatoms. The number of nitrogens with one attached hydrogen (secondary N) is 1. The number of carbonyl (C=O) groups excluding carboxylic acids is 1. The third-order valence-electron chi connectivity index (χ3n) is 2.81. The van der Waals surface area contributed by atoms with Crippen LogP contribution in [0, 0.1) is 6.92 Å². The van der Waals surface area contributed by atoms with Crippen molar-refractivity contribution in [2.75, 3.05) is 12.4 Å². The smallest absolute Gasteiger partial charge is 0.244 e. The van der Waals surface area contributed by atoms with Gasteiger partial charge in [0.25, 0.3) is 0 Å². The van der Waals surface area contributed by atoms with Crippen LogP contribution in [0.25, 0.3) is 0 Å². The average Bonchev–Trinajstić information content (AvgIpc) is 2.43. The summed E-state index contributed by atoms with van der Waals surface area (Å²) in [5.74, 6) is 0.0253. The lowest BCUT2D eigenvalue weighted by atomic mass is 10.3. The summed E-state index contributed by atoms with van der Waals surface area (Å²) in [7, 11) is 1.42. The first kappa shape index (κ1) is 13.8. The summed E-state index contributed by atoms with van der Waals surface area (Å²) >= 11 is 0. The van der Waals surface area contributed by atoms with Gasteiger partial charge in [0.1, 0.15) is 6.54 Å². The second-order valence-electron chi connectivity index (χ2n) is 4.26. The second kappa shape index (κ2) is 6.01. The number of aryl methyl sites for hydroxylation is 1. The number of hydrogen-bond donors (Lipinski definition) is 1. The molecule has 104 valence electrons. The van der Waals surface area contributed by atoms with E-state index in [1.165, 1.54) is 19.4 Å². The first-order chi connectivity index (χ1) is 9.60. The third kappa shape index (κ3) is 3.23.